The fourth-order valence-electron chi connectivity index (χ4n) is 3.31. The summed E-state index contributed by atoms with van der Waals surface area (Å²) in [6, 6.07) is 15.0. The quantitative estimate of drug-likeness (QED) is 0.500. The van der Waals surface area contributed by atoms with Crippen LogP contribution in [0.4, 0.5) is 16.0 Å². The molecule has 0 radical (unpaired) electrons. The first-order valence-electron chi connectivity index (χ1n) is 8.21. The number of rotatable bonds is 2. The zero-order chi connectivity index (χ0) is 18.4. The second kappa shape index (κ2) is 5.84. The maximum Gasteiger partial charge on any atom is 0.288 e. The molecule has 4 aromatic rings. The summed E-state index contributed by atoms with van der Waals surface area (Å²) >= 11 is 0. The van der Waals surface area contributed by atoms with Gasteiger partial charge in [-0.3, -0.25) is 4.79 Å². The lowest BCUT2D eigenvalue weighted by Gasteiger charge is -2.27. The molecule has 1 aliphatic heterocycles. The largest absolute Gasteiger partial charge is 0.318 e. The molecule has 0 saturated heterocycles. The van der Waals surface area contributed by atoms with Crippen molar-refractivity contribution in [2.24, 2.45) is 0 Å². The van der Waals surface area contributed by atoms with Crippen LogP contribution in [0, 0.1) is 5.82 Å². The number of H-pyrrole nitrogens is 1. The number of tetrazole rings is 1. The lowest BCUT2D eigenvalue weighted by molar-refractivity contribution is 0.564. The molecule has 0 aliphatic carbocycles. The topological polar surface area (TPSA) is 101 Å². The van der Waals surface area contributed by atoms with E-state index in [4.69, 9.17) is 0 Å². The zero-order valence-corrected chi connectivity index (χ0v) is 13.8. The fraction of sp³-hybridized carbons (Fsp3) is 0.0556. The number of hydrogen-bond donors (Lipinski definition) is 2. The van der Waals surface area contributed by atoms with E-state index < -0.39 is 6.04 Å². The van der Waals surface area contributed by atoms with Crippen molar-refractivity contribution < 1.29 is 4.39 Å². The Balaban J connectivity index is 1.83. The maximum atomic E-state index is 13.5. The number of benzene rings is 2. The second-order valence-electron chi connectivity index (χ2n) is 6.08. The predicted octanol–water partition coefficient (Wildman–Crippen LogP) is 2.26. The predicted molar refractivity (Wildman–Crippen MR) is 95.0 cm³/mol. The third kappa shape index (κ3) is 2.40. The van der Waals surface area contributed by atoms with Gasteiger partial charge in [0.05, 0.1) is 5.69 Å². The molecule has 27 heavy (non-hydrogen) atoms. The molecule has 8 nitrogen and oxygen atoms in total. The van der Waals surface area contributed by atoms with Crippen LogP contribution >= 0.6 is 0 Å². The molecule has 1 aliphatic rings. The van der Waals surface area contributed by atoms with Crippen molar-refractivity contribution in [2.75, 3.05) is 5.32 Å². The summed E-state index contributed by atoms with van der Waals surface area (Å²) in [5.74, 6) is -0.0234. The minimum absolute atomic E-state index is 0.320. The molecular weight excluding hydrogens is 349 g/mol. The highest BCUT2D eigenvalue weighted by Gasteiger charge is 2.34. The summed E-state index contributed by atoms with van der Waals surface area (Å²) in [5.41, 5.74) is 2.71. The van der Waals surface area contributed by atoms with Crippen LogP contribution in [0.3, 0.4) is 0 Å². The summed E-state index contributed by atoms with van der Waals surface area (Å²) in [4.78, 5) is 12.5. The first-order chi connectivity index (χ1) is 13.2. The van der Waals surface area contributed by atoms with Crippen LogP contribution in [-0.2, 0) is 0 Å². The van der Waals surface area contributed by atoms with Crippen LogP contribution < -0.4 is 10.9 Å². The SMILES string of the molecule is O=c1[nH]nc(-c2ccccc2)c2c1Nc1nnnn1C2c1ccc(F)cc1. The maximum absolute atomic E-state index is 13.5. The summed E-state index contributed by atoms with van der Waals surface area (Å²) < 4.78 is 15.0. The van der Waals surface area contributed by atoms with E-state index in [1.165, 1.54) is 12.1 Å². The third-order valence-electron chi connectivity index (χ3n) is 4.50. The van der Waals surface area contributed by atoms with Gasteiger partial charge in [-0.05, 0) is 28.1 Å². The monoisotopic (exact) mass is 361 g/mol. The van der Waals surface area contributed by atoms with Gasteiger partial charge in [-0.25, -0.2) is 9.49 Å². The van der Waals surface area contributed by atoms with Crippen LogP contribution in [0.15, 0.2) is 59.4 Å². The van der Waals surface area contributed by atoms with E-state index in [-0.39, 0.29) is 11.4 Å². The lowest BCUT2D eigenvalue weighted by atomic mass is 9.92. The molecule has 0 spiro atoms. The number of aromatic amines is 1. The molecule has 2 N–H and O–H groups in total. The van der Waals surface area contributed by atoms with Crippen molar-refractivity contribution in [3.8, 4) is 11.3 Å². The minimum atomic E-state index is -0.531. The van der Waals surface area contributed by atoms with Crippen LogP contribution in [0.25, 0.3) is 11.3 Å². The number of fused-ring (bicyclic) bond motifs is 2. The van der Waals surface area contributed by atoms with Crippen LogP contribution in [0.1, 0.15) is 17.2 Å². The van der Waals surface area contributed by atoms with E-state index in [9.17, 15) is 9.18 Å². The normalized spacial score (nSPS) is 14.9. The Labute approximate surface area is 151 Å². The van der Waals surface area contributed by atoms with Gasteiger partial charge in [0, 0.05) is 11.1 Å². The number of nitrogens with one attached hydrogen (secondary N) is 2. The van der Waals surface area contributed by atoms with Gasteiger partial charge in [-0.1, -0.05) is 47.6 Å². The Morgan fingerprint density at radius 1 is 1.04 bits per heavy atom. The molecule has 1 atom stereocenters. The van der Waals surface area contributed by atoms with Crippen molar-refractivity contribution >= 4 is 11.6 Å². The molecule has 0 amide bonds. The highest BCUT2D eigenvalue weighted by atomic mass is 19.1. The van der Waals surface area contributed by atoms with Crippen molar-refractivity contribution in [1.82, 2.24) is 30.4 Å². The second-order valence-corrected chi connectivity index (χ2v) is 6.08. The summed E-state index contributed by atoms with van der Waals surface area (Å²) in [5, 5.41) is 21.5. The molecule has 9 heteroatoms. The van der Waals surface area contributed by atoms with Gasteiger partial charge >= 0.3 is 0 Å². The first-order valence-corrected chi connectivity index (χ1v) is 8.21. The summed E-state index contributed by atoms with van der Waals surface area (Å²) in [7, 11) is 0. The fourth-order valence-corrected chi connectivity index (χ4v) is 3.31. The molecule has 0 saturated carbocycles. The minimum Gasteiger partial charge on any atom is -0.318 e. The molecular formula is C18H12FN7O. The highest BCUT2D eigenvalue weighted by molar-refractivity contribution is 5.75. The first kappa shape index (κ1) is 15.4. The zero-order valence-electron chi connectivity index (χ0n) is 13.8. The standard InChI is InChI=1S/C18H12FN7O/c19-12-8-6-11(7-9-12)16-13-14(10-4-2-1-3-5-10)21-22-17(27)15(13)20-18-23-24-25-26(16)18/h1-9,16H,(H,22,27)(H,20,23,25). The average Bonchev–Trinajstić information content (AvgIpc) is 3.17. The molecule has 1 unspecified atom stereocenters. The highest BCUT2D eigenvalue weighted by Crippen LogP contribution is 2.40. The Morgan fingerprint density at radius 2 is 1.81 bits per heavy atom. The van der Waals surface area contributed by atoms with E-state index >= 15 is 0 Å². The lowest BCUT2D eigenvalue weighted by Crippen LogP contribution is -2.29. The molecule has 3 heterocycles. The number of aromatic nitrogens is 6. The van der Waals surface area contributed by atoms with Gasteiger partial charge in [0.25, 0.3) is 5.56 Å². The number of halogens is 1. The summed E-state index contributed by atoms with van der Waals surface area (Å²) in [6.07, 6.45) is 0. The van der Waals surface area contributed by atoms with Crippen molar-refractivity contribution in [3.63, 3.8) is 0 Å². The molecule has 2 aromatic carbocycles. The van der Waals surface area contributed by atoms with Crippen molar-refractivity contribution in [1.29, 1.82) is 0 Å². The van der Waals surface area contributed by atoms with E-state index in [0.29, 0.717) is 22.9 Å². The Bertz CT molecular complexity index is 1180. The third-order valence-corrected chi connectivity index (χ3v) is 4.50. The van der Waals surface area contributed by atoms with E-state index in [1.54, 1.807) is 16.8 Å². The number of anilines is 2. The van der Waals surface area contributed by atoms with E-state index in [2.05, 4.69) is 31.0 Å². The van der Waals surface area contributed by atoms with Gasteiger partial charge in [0.2, 0.25) is 5.95 Å². The van der Waals surface area contributed by atoms with Gasteiger partial charge in [-0.15, -0.1) is 0 Å². The van der Waals surface area contributed by atoms with Gasteiger partial charge < -0.3 is 5.32 Å². The molecule has 2 aromatic heterocycles. The van der Waals surface area contributed by atoms with E-state index in [1.807, 2.05) is 30.3 Å². The Morgan fingerprint density at radius 3 is 2.59 bits per heavy atom. The Hall–Kier alpha value is -3.88. The number of nitrogens with zero attached hydrogens (tertiary/aromatic N) is 5. The van der Waals surface area contributed by atoms with Gasteiger partial charge in [-0.2, -0.15) is 9.78 Å². The molecule has 132 valence electrons. The van der Waals surface area contributed by atoms with Crippen molar-refractivity contribution in [2.45, 2.75) is 6.04 Å². The van der Waals surface area contributed by atoms with Crippen molar-refractivity contribution in [3.05, 3.63) is 81.9 Å². The van der Waals surface area contributed by atoms with E-state index in [0.717, 1.165) is 11.1 Å². The molecule has 0 fully saturated rings. The van der Waals surface area contributed by atoms with Crippen LogP contribution in [-0.4, -0.2) is 30.4 Å². The smallest absolute Gasteiger partial charge is 0.288 e. The molecule has 5 rings (SSSR count). The van der Waals surface area contributed by atoms with Crippen LogP contribution in [0.2, 0.25) is 0 Å². The molecule has 0 bridgehead atoms. The van der Waals surface area contributed by atoms with Gasteiger partial charge in [0.15, 0.2) is 0 Å². The number of hydrogen-bond acceptors (Lipinski definition) is 6. The van der Waals surface area contributed by atoms with Gasteiger partial charge in [0.1, 0.15) is 17.5 Å². The van der Waals surface area contributed by atoms with Crippen LogP contribution in [0.5, 0.6) is 0 Å². The Kier molecular flexibility index (Phi) is 3.32. The average molecular weight is 361 g/mol. The summed E-state index contributed by atoms with van der Waals surface area (Å²) in [6.45, 7) is 0.